The summed E-state index contributed by atoms with van der Waals surface area (Å²) in [6, 6.07) is 17.8. The number of para-hydroxylation sites is 1. The summed E-state index contributed by atoms with van der Waals surface area (Å²) in [4.78, 5) is 29.5. The molecule has 0 aliphatic heterocycles. The van der Waals surface area contributed by atoms with Crippen LogP contribution in [0.5, 0.6) is 0 Å². The summed E-state index contributed by atoms with van der Waals surface area (Å²) in [6.45, 7) is 4.00. The molecule has 0 unspecified atom stereocenters. The lowest BCUT2D eigenvalue weighted by Gasteiger charge is -2.08. The van der Waals surface area contributed by atoms with Crippen molar-refractivity contribution < 1.29 is 9.18 Å². The SMILES string of the molecule is CC(C)CC(=O)Nc1cncc(-c2ccc3[nH]nc(-c4nc5c(-c6cccc(F)c6)cccc5[nH]4)c3n2)c1. The zero-order valence-corrected chi connectivity index (χ0v) is 20.8. The van der Waals surface area contributed by atoms with Crippen molar-refractivity contribution >= 4 is 33.7 Å². The van der Waals surface area contributed by atoms with Crippen molar-refractivity contribution in [3.8, 4) is 33.9 Å². The van der Waals surface area contributed by atoms with E-state index in [1.807, 2.05) is 56.3 Å². The molecule has 0 saturated heterocycles. The van der Waals surface area contributed by atoms with Gasteiger partial charge in [-0.2, -0.15) is 5.10 Å². The van der Waals surface area contributed by atoms with Crippen molar-refractivity contribution in [1.29, 1.82) is 0 Å². The molecule has 1 amide bonds. The Morgan fingerprint density at radius 2 is 1.82 bits per heavy atom. The molecular formula is C29H24FN7O. The molecule has 4 heterocycles. The standard InChI is InChI=1S/C29H24FN7O/c1-16(2)11-25(38)32-20-13-18(14-31-15-20)22-9-10-24-27(33-22)28(37-36-24)29-34-23-8-4-7-21(26(23)35-29)17-5-3-6-19(30)12-17/h3-10,12-16H,11H2,1-2H3,(H,32,38)(H,34,35)(H,36,37). The number of pyridine rings is 2. The number of fused-ring (bicyclic) bond motifs is 2. The second-order valence-electron chi connectivity index (χ2n) is 9.57. The van der Waals surface area contributed by atoms with Crippen LogP contribution in [-0.2, 0) is 4.79 Å². The summed E-state index contributed by atoms with van der Waals surface area (Å²) < 4.78 is 13.9. The van der Waals surface area contributed by atoms with Crippen LogP contribution in [0.15, 0.2) is 73.1 Å². The third kappa shape index (κ3) is 4.50. The second kappa shape index (κ2) is 9.51. The Hall–Kier alpha value is -4.92. The van der Waals surface area contributed by atoms with Crippen molar-refractivity contribution in [3.05, 3.63) is 78.9 Å². The molecule has 0 radical (unpaired) electrons. The number of hydrogen-bond donors (Lipinski definition) is 3. The average molecular weight is 506 g/mol. The molecule has 3 N–H and O–H groups in total. The maximum atomic E-state index is 13.9. The number of nitrogens with zero attached hydrogens (tertiary/aromatic N) is 4. The number of aromatic amines is 2. The van der Waals surface area contributed by atoms with E-state index in [9.17, 15) is 9.18 Å². The molecule has 2 aromatic carbocycles. The van der Waals surface area contributed by atoms with Gasteiger partial charge in [-0.1, -0.05) is 38.1 Å². The lowest BCUT2D eigenvalue weighted by atomic mass is 10.0. The molecule has 0 bridgehead atoms. The van der Waals surface area contributed by atoms with Gasteiger partial charge in [0.25, 0.3) is 0 Å². The number of anilines is 1. The summed E-state index contributed by atoms with van der Waals surface area (Å²) in [5.41, 5.74) is 7.12. The second-order valence-corrected chi connectivity index (χ2v) is 9.57. The van der Waals surface area contributed by atoms with E-state index in [0.717, 1.165) is 33.2 Å². The molecule has 0 aliphatic carbocycles. The molecule has 6 aromatic rings. The molecule has 0 saturated carbocycles. The number of rotatable bonds is 6. The fourth-order valence-corrected chi connectivity index (χ4v) is 4.49. The van der Waals surface area contributed by atoms with Crippen LogP contribution in [-0.4, -0.2) is 36.0 Å². The van der Waals surface area contributed by atoms with E-state index in [2.05, 4.69) is 25.5 Å². The minimum absolute atomic E-state index is 0.0537. The van der Waals surface area contributed by atoms with Crippen molar-refractivity contribution in [2.45, 2.75) is 20.3 Å². The quantitative estimate of drug-likeness (QED) is 0.244. The lowest BCUT2D eigenvalue weighted by molar-refractivity contribution is -0.116. The van der Waals surface area contributed by atoms with Crippen LogP contribution >= 0.6 is 0 Å². The fourth-order valence-electron chi connectivity index (χ4n) is 4.49. The van der Waals surface area contributed by atoms with E-state index in [1.165, 1.54) is 12.1 Å². The van der Waals surface area contributed by atoms with Crippen LogP contribution in [0.1, 0.15) is 20.3 Å². The Kier molecular flexibility index (Phi) is 5.88. The zero-order chi connectivity index (χ0) is 26.2. The number of amides is 1. The van der Waals surface area contributed by atoms with E-state index in [4.69, 9.17) is 9.97 Å². The Morgan fingerprint density at radius 3 is 2.66 bits per heavy atom. The number of imidazole rings is 1. The molecule has 6 rings (SSSR count). The number of nitrogens with one attached hydrogen (secondary N) is 3. The number of benzene rings is 2. The summed E-state index contributed by atoms with van der Waals surface area (Å²) in [7, 11) is 0. The normalized spacial score (nSPS) is 11.5. The molecule has 0 atom stereocenters. The van der Waals surface area contributed by atoms with E-state index in [-0.39, 0.29) is 17.6 Å². The first kappa shape index (κ1) is 23.5. The smallest absolute Gasteiger partial charge is 0.224 e. The highest BCUT2D eigenvalue weighted by atomic mass is 19.1. The van der Waals surface area contributed by atoms with Gasteiger partial charge >= 0.3 is 0 Å². The van der Waals surface area contributed by atoms with Crippen molar-refractivity contribution in [2.24, 2.45) is 5.92 Å². The first-order valence-corrected chi connectivity index (χ1v) is 12.3. The van der Waals surface area contributed by atoms with Crippen LogP contribution in [0.4, 0.5) is 10.1 Å². The van der Waals surface area contributed by atoms with E-state index < -0.39 is 0 Å². The van der Waals surface area contributed by atoms with Crippen LogP contribution in [0.3, 0.4) is 0 Å². The van der Waals surface area contributed by atoms with Gasteiger partial charge in [0.15, 0.2) is 11.5 Å². The predicted octanol–water partition coefficient (Wildman–Crippen LogP) is 6.35. The molecule has 9 heteroatoms. The average Bonchev–Trinajstić information content (AvgIpc) is 3.52. The van der Waals surface area contributed by atoms with Gasteiger partial charge in [0, 0.05) is 23.7 Å². The van der Waals surface area contributed by atoms with Gasteiger partial charge in [0.2, 0.25) is 5.91 Å². The van der Waals surface area contributed by atoms with Crippen molar-refractivity contribution in [3.63, 3.8) is 0 Å². The molecule has 0 spiro atoms. The highest BCUT2D eigenvalue weighted by Crippen LogP contribution is 2.32. The third-order valence-electron chi connectivity index (χ3n) is 6.19. The van der Waals surface area contributed by atoms with E-state index in [1.54, 1.807) is 18.5 Å². The Labute approximate surface area is 217 Å². The van der Waals surface area contributed by atoms with Gasteiger partial charge in [0.1, 0.15) is 11.3 Å². The minimum atomic E-state index is -0.302. The van der Waals surface area contributed by atoms with Gasteiger partial charge in [-0.05, 0) is 47.9 Å². The Bertz CT molecular complexity index is 1800. The molecule has 0 aliphatic rings. The number of carbonyl (C=O) groups is 1. The highest BCUT2D eigenvalue weighted by Gasteiger charge is 2.17. The van der Waals surface area contributed by atoms with Gasteiger partial charge in [0.05, 0.1) is 34.1 Å². The third-order valence-corrected chi connectivity index (χ3v) is 6.19. The minimum Gasteiger partial charge on any atom is -0.336 e. The molecule has 4 aromatic heterocycles. The number of halogens is 1. The van der Waals surface area contributed by atoms with Gasteiger partial charge < -0.3 is 10.3 Å². The highest BCUT2D eigenvalue weighted by molar-refractivity contribution is 5.96. The maximum absolute atomic E-state index is 13.9. The monoisotopic (exact) mass is 505 g/mol. The first-order valence-electron chi connectivity index (χ1n) is 12.3. The van der Waals surface area contributed by atoms with Crippen LogP contribution in [0.2, 0.25) is 0 Å². The van der Waals surface area contributed by atoms with Gasteiger partial charge in [-0.3, -0.25) is 14.9 Å². The largest absolute Gasteiger partial charge is 0.336 e. The Morgan fingerprint density at radius 1 is 0.947 bits per heavy atom. The topological polar surface area (TPSA) is 112 Å². The summed E-state index contributed by atoms with van der Waals surface area (Å²) in [5, 5.41) is 10.4. The number of aromatic nitrogens is 6. The summed E-state index contributed by atoms with van der Waals surface area (Å²) >= 11 is 0. The number of hydrogen-bond acceptors (Lipinski definition) is 5. The van der Waals surface area contributed by atoms with Crippen LogP contribution in [0.25, 0.3) is 56.0 Å². The number of carbonyl (C=O) groups excluding carboxylic acids is 1. The predicted molar refractivity (Wildman–Crippen MR) is 146 cm³/mol. The molecule has 38 heavy (non-hydrogen) atoms. The molecule has 0 fully saturated rings. The summed E-state index contributed by atoms with van der Waals surface area (Å²) in [5.74, 6) is 0.454. The molecular weight excluding hydrogens is 481 g/mol. The molecule has 8 nitrogen and oxygen atoms in total. The van der Waals surface area contributed by atoms with Gasteiger partial charge in [-0.25, -0.2) is 14.4 Å². The van der Waals surface area contributed by atoms with E-state index in [0.29, 0.717) is 34.8 Å². The van der Waals surface area contributed by atoms with E-state index >= 15 is 0 Å². The maximum Gasteiger partial charge on any atom is 0.224 e. The summed E-state index contributed by atoms with van der Waals surface area (Å²) in [6.07, 6.45) is 3.76. The van der Waals surface area contributed by atoms with Crippen LogP contribution in [0, 0.1) is 11.7 Å². The van der Waals surface area contributed by atoms with Crippen molar-refractivity contribution in [1.82, 2.24) is 30.1 Å². The van der Waals surface area contributed by atoms with Crippen molar-refractivity contribution in [2.75, 3.05) is 5.32 Å². The van der Waals surface area contributed by atoms with Gasteiger partial charge in [-0.15, -0.1) is 0 Å². The first-order chi connectivity index (χ1) is 18.4. The molecule has 188 valence electrons. The lowest BCUT2D eigenvalue weighted by Crippen LogP contribution is -2.14. The zero-order valence-electron chi connectivity index (χ0n) is 20.8. The fraction of sp³-hybridized carbons (Fsp3) is 0.138. The number of H-pyrrole nitrogens is 2. The Balaban J connectivity index is 1.38. The van der Waals surface area contributed by atoms with Crippen LogP contribution < -0.4 is 5.32 Å².